The van der Waals surface area contributed by atoms with Crippen LogP contribution in [0.2, 0.25) is 0 Å². The molecule has 0 aliphatic heterocycles. The molecule has 0 saturated carbocycles. The van der Waals surface area contributed by atoms with Gasteiger partial charge in [0, 0.05) is 0 Å². The molecule has 1 aromatic heterocycles. The Kier molecular flexibility index (Phi) is 3.72. The minimum absolute atomic E-state index is 0.0690. The van der Waals surface area contributed by atoms with Crippen LogP contribution in [0.1, 0.15) is 21.7 Å². The molecule has 0 amide bonds. The number of carbonyl (C=O) groups is 1. The molecule has 0 atom stereocenters. The fourth-order valence-electron chi connectivity index (χ4n) is 2.28. The van der Waals surface area contributed by atoms with E-state index in [1.54, 1.807) is 42.5 Å². The maximum absolute atomic E-state index is 11.2. The SMILES string of the molecule is COc1cc(/C=C/c2nc3c(C(=O)O)cccc3[nH]2)ccc1O. The van der Waals surface area contributed by atoms with Crippen LogP contribution in [-0.2, 0) is 0 Å². The van der Waals surface area contributed by atoms with Gasteiger partial charge in [-0.1, -0.05) is 18.2 Å². The molecular formula is C17H14N2O4. The summed E-state index contributed by atoms with van der Waals surface area (Å²) >= 11 is 0. The zero-order valence-corrected chi connectivity index (χ0v) is 12.3. The molecule has 116 valence electrons. The molecule has 1 heterocycles. The van der Waals surface area contributed by atoms with E-state index in [4.69, 9.17) is 4.74 Å². The van der Waals surface area contributed by atoms with Crippen LogP contribution in [0.25, 0.3) is 23.2 Å². The van der Waals surface area contributed by atoms with E-state index in [1.165, 1.54) is 13.2 Å². The molecule has 0 bridgehead atoms. The number of methoxy groups -OCH3 is 1. The average Bonchev–Trinajstić information content (AvgIpc) is 2.96. The second-order valence-corrected chi connectivity index (χ2v) is 4.89. The molecule has 6 heteroatoms. The molecular weight excluding hydrogens is 296 g/mol. The molecule has 0 radical (unpaired) electrons. The van der Waals surface area contributed by atoms with Crippen LogP contribution in [-0.4, -0.2) is 33.3 Å². The summed E-state index contributed by atoms with van der Waals surface area (Å²) in [6.45, 7) is 0. The summed E-state index contributed by atoms with van der Waals surface area (Å²) in [6.07, 6.45) is 3.53. The van der Waals surface area contributed by atoms with Crippen LogP contribution in [0.5, 0.6) is 11.5 Å². The van der Waals surface area contributed by atoms with Crippen LogP contribution < -0.4 is 4.74 Å². The molecule has 0 aliphatic carbocycles. The van der Waals surface area contributed by atoms with Gasteiger partial charge in [0.1, 0.15) is 11.3 Å². The van der Waals surface area contributed by atoms with Gasteiger partial charge in [-0.3, -0.25) is 0 Å². The zero-order valence-electron chi connectivity index (χ0n) is 12.3. The fraction of sp³-hybridized carbons (Fsp3) is 0.0588. The highest BCUT2D eigenvalue weighted by Gasteiger charge is 2.11. The molecule has 0 aliphatic rings. The second-order valence-electron chi connectivity index (χ2n) is 4.89. The number of phenols is 1. The Morgan fingerprint density at radius 2 is 2.09 bits per heavy atom. The van der Waals surface area contributed by atoms with Crippen LogP contribution in [0.4, 0.5) is 0 Å². The van der Waals surface area contributed by atoms with Crippen molar-refractivity contribution in [3.8, 4) is 11.5 Å². The van der Waals surface area contributed by atoms with Crippen molar-refractivity contribution in [1.82, 2.24) is 9.97 Å². The molecule has 23 heavy (non-hydrogen) atoms. The number of hydrogen-bond acceptors (Lipinski definition) is 4. The Morgan fingerprint density at radius 1 is 1.26 bits per heavy atom. The number of carboxylic acids is 1. The van der Waals surface area contributed by atoms with Gasteiger partial charge < -0.3 is 19.9 Å². The third-order valence-corrected chi connectivity index (χ3v) is 3.40. The second kappa shape index (κ2) is 5.84. The number of aromatic amines is 1. The van der Waals surface area contributed by atoms with E-state index in [1.807, 2.05) is 0 Å². The number of imidazole rings is 1. The predicted octanol–water partition coefficient (Wildman–Crippen LogP) is 3.15. The minimum atomic E-state index is -1.01. The number of fused-ring (bicyclic) bond motifs is 1. The van der Waals surface area contributed by atoms with Crippen LogP contribution in [0.3, 0.4) is 0 Å². The lowest BCUT2D eigenvalue weighted by atomic mass is 10.2. The van der Waals surface area contributed by atoms with Crippen molar-refractivity contribution < 1.29 is 19.7 Å². The van der Waals surface area contributed by atoms with Crippen LogP contribution in [0, 0.1) is 0 Å². The Balaban J connectivity index is 1.95. The number of benzene rings is 2. The summed E-state index contributed by atoms with van der Waals surface area (Å²) in [4.78, 5) is 18.6. The van der Waals surface area contributed by atoms with E-state index in [2.05, 4.69) is 9.97 Å². The van der Waals surface area contributed by atoms with Gasteiger partial charge in [0.05, 0.1) is 18.2 Å². The summed E-state index contributed by atoms with van der Waals surface area (Å²) in [5.41, 5.74) is 2.05. The first-order valence-electron chi connectivity index (χ1n) is 6.85. The largest absolute Gasteiger partial charge is 0.504 e. The Labute approximate surface area is 131 Å². The van der Waals surface area contributed by atoms with Crippen molar-refractivity contribution in [2.75, 3.05) is 7.11 Å². The van der Waals surface area contributed by atoms with E-state index in [0.717, 1.165) is 5.56 Å². The first-order valence-corrected chi connectivity index (χ1v) is 6.85. The normalized spacial score (nSPS) is 11.2. The lowest BCUT2D eigenvalue weighted by Crippen LogP contribution is -1.96. The number of hydrogen-bond donors (Lipinski definition) is 3. The highest BCUT2D eigenvalue weighted by atomic mass is 16.5. The lowest BCUT2D eigenvalue weighted by molar-refractivity contribution is 0.0699. The maximum Gasteiger partial charge on any atom is 0.337 e. The van der Waals surface area contributed by atoms with Crippen molar-refractivity contribution in [1.29, 1.82) is 0 Å². The minimum Gasteiger partial charge on any atom is -0.504 e. The number of H-pyrrole nitrogens is 1. The number of para-hydroxylation sites is 1. The quantitative estimate of drug-likeness (QED) is 0.688. The van der Waals surface area contributed by atoms with E-state index in [9.17, 15) is 15.0 Å². The summed E-state index contributed by atoms with van der Waals surface area (Å²) in [7, 11) is 1.48. The van der Waals surface area contributed by atoms with Crippen LogP contribution in [0.15, 0.2) is 36.4 Å². The average molecular weight is 310 g/mol. The lowest BCUT2D eigenvalue weighted by Gasteiger charge is -2.03. The van der Waals surface area contributed by atoms with Gasteiger partial charge in [-0.05, 0) is 35.9 Å². The topological polar surface area (TPSA) is 95.4 Å². The standard InChI is InChI=1S/C17H14N2O4/c1-23-14-9-10(5-7-13(14)20)6-8-15-18-12-4-2-3-11(17(21)22)16(12)19-15/h2-9,20H,1H3,(H,18,19)(H,21,22)/b8-6+. The first-order chi connectivity index (χ1) is 11.1. The van der Waals surface area contributed by atoms with E-state index >= 15 is 0 Å². The van der Waals surface area contributed by atoms with Gasteiger partial charge in [0.25, 0.3) is 0 Å². The monoisotopic (exact) mass is 310 g/mol. The first kappa shape index (κ1) is 14.6. The molecule has 0 fully saturated rings. The highest BCUT2D eigenvalue weighted by molar-refractivity contribution is 6.01. The molecule has 0 unspecified atom stereocenters. The maximum atomic E-state index is 11.2. The summed E-state index contributed by atoms with van der Waals surface area (Å²) in [6, 6.07) is 9.93. The summed E-state index contributed by atoms with van der Waals surface area (Å²) < 4.78 is 5.06. The number of nitrogens with zero attached hydrogens (tertiary/aromatic N) is 1. The molecule has 3 aromatic rings. The number of carboxylic acid groups (broad SMARTS) is 1. The number of phenolic OH excluding ortho intramolecular Hbond substituents is 1. The number of rotatable bonds is 4. The molecule has 0 saturated heterocycles. The van der Waals surface area contributed by atoms with Crippen LogP contribution >= 0.6 is 0 Å². The highest BCUT2D eigenvalue weighted by Crippen LogP contribution is 2.27. The molecule has 3 N–H and O–H groups in total. The smallest absolute Gasteiger partial charge is 0.337 e. The van der Waals surface area contributed by atoms with Gasteiger partial charge in [0.2, 0.25) is 0 Å². The molecule has 2 aromatic carbocycles. The van der Waals surface area contributed by atoms with Gasteiger partial charge in [0.15, 0.2) is 11.5 Å². The number of aromatic hydroxyl groups is 1. The van der Waals surface area contributed by atoms with Crippen molar-refractivity contribution in [3.63, 3.8) is 0 Å². The predicted molar refractivity (Wildman–Crippen MR) is 86.6 cm³/mol. The molecule has 3 rings (SSSR count). The summed E-state index contributed by atoms with van der Waals surface area (Å²) in [5.74, 6) is -0.0222. The number of aromatic carboxylic acids is 1. The van der Waals surface area contributed by atoms with Gasteiger partial charge >= 0.3 is 5.97 Å². The van der Waals surface area contributed by atoms with Gasteiger partial charge in [-0.25, -0.2) is 9.78 Å². The van der Waals surface area contributed by atoms with E-state index in [0.29, 0.717) is 22.6 Å². The molecule has 6 nitrogen and oxygen atoms in total. The van der Waals surface area contributed by atoms with Crippen molar-refractivity contribution >= 4 is 29.2 Å². The van der Waals surface area contributed by atoms with Crippen molar-refractivity contribution in [3.05, 3.63) is 53.3 Å². The van der Waals surface area contributed by atoms with Gasteiger partial charge in [-0.2, -0.15) is 0 Å². The Bertz CT molecular complexity index is 912. The zero-order chi connectivity index (χ0) is 16.4. The van der Waals surface area contributed by atoms with Crippen molar-refractivity contribution in [2.45, 2.75) is 0 Å². The number of aromatic nitrogens is 2. The Hall–Kier alpha value is -3.28. The van der Waals surface area contributed by atoms with E-state index in [-0.39, 0.29) is 11.3 Å². The molecule has 0 spiro atoms. The third kappa shape index (κ3) is 2.87. The Morgan fingerprint density at radius 3 is 2.83 bits per heavy atom. The van der Waals surface area contributed by atoms with Crippen molar-refractivity contribution in [2.24, 2.45) is 0 Å². The number of nitrogens with one attached hydrogen (secondary N) is 1. The van der Waals surface area contributed by atoms with Gasteiger partial charge in [-0.15, -0.1) is 0 Å². The van der Waals surface area contributed by atoms with E-state index < -0.39 is 5.97 Å². The third-order valence-electron chi connectivity index (χ3n) is 3.40. The number of ether oxygens (including phenoxy) is 1. The fourth-order valence-corrected chi connectivity index (χ4v) is 2.28. The summed E-state index contributed by atoms with van der Waals surface area (Å²) in [5, 5.41) is 18.7.